The zero-order valence-corrected chi connectivity index (χ0v) is 15.2. The number of rotatable bonds is 14. The quantitative estimate of drug-likeness (QED) is 0.512. The maximum atomic E-state index is 9.96. The fourth-order valence-electron chi connectivity index (χ4n) is 2.25. The van der Waals surface area contributed by atoms with Gasteiger partial charge >= 0.3 is 0 Å². The molecule has 0 aliphatic carbocycles. The summed E-state index contributed by atoms with van der Waals surface area (Å²) in [5.74, 6) is 1.45. The molecule has 2 N–H and O–H groups in total. The van der Waals surface area contributed by atoms with Crippen molar-refractivity contribution in [2.24, 2.45) is 0 Å². The highest BCUT2D eigenvalue weighted by Gasteiger charge is 2.10. The number of hydrogen-bond acceptors (Lipinski definition) is 5. The molecule has 4 nitrogen and oxygen atoms in total. The van der Waals surface area contributed by atoms with E-state index in [4.69, 9.17) is 0 Å². The zero-order chi connectivity index (χ0) is 16.1. The maximum absolute atomic E-state index is 9.96. The molecule has 0 saturated heterocycles. The van der Waals surface area contributed by atoms with Crippen LogP contribution in [0.3, 0.4) is 0 Å². The van der Waals surface area contributed by atoms with E-state index >= 15 is 0 Å². The lowest BCUT2D eigenvalue weighted by Crippen LogP contribution is -2.28. The molecule has 0 aromatic heterocycles. The van der Waals surface area contributed by atoms with Crippen molar-refractivity contribution in [1.29, 1.82) is 0 Å². The van der Waals surface area contributed by atoms with Crippen molar-refractivity contribution >= 4 is 11.8 Å². The smallest absolute Gasteiger partial charge is 0.0642 e. The lowest BCUT2D eigenvalue weighted by Gasteiger charge is -2.21. The Labute approximate surface area is 135 Å². The predicted octanol–water partition coefficient (Wildman–Crippen LogP) is 1.91. The van der Waals surface area contributed by atoms with Crippen LogP contribution in [0.1, 0.15) is 40.5 Å². The molecule has 128 valence electrons. The summed E-state index contributed by atoms with van der Waals surface area (Å²) in [6.45, 7) is 14.7. The van der Waals surface area contributed by atoms with Gasteiger partial charge in [0.05, 0.1) is 12.2 Å². The van der Waals surface area contributed by atoms with E-state index < -0.39 is 0 Å². The third-order valence-corrected chi connectivity index (χ3v) is 5.21. The second-order valence-corrected chi connectivity index (χ2v) is 6.55. The van der Waals surface area contributed by atoms with Crippen molar-refractivity contribution in [2.75, 3.05) is 50.8 Å². The summed E-state index contributed by atoms with van der Waals surface area (Å²) in [6, 6.07) is 0. The normalized spacial score (nSPS) is 14.9. The standard InChI is InChI=1S/C16H36N2O2S/c1-5-17(6-2)11-9-15(19)13-21-14-16(20)10-12-18(7-3)8-4/h15-16,19-20H,5-14H2,1-4H3. The lowest BCUT2D eigenvalue weighted by molar-refractivity contribution is 0.159. The number of thioether (sulfide) groups is 1. The van der Waals surface area contributed by atoms with Gasteiger partial charge in [0.2, 0.25) is 0 Å². The first-order chi connectivity index (χ1) is 10.1. The Morgan fingerprint density at radius 1 is 0.714 bits per heavy atom. The predicted molar refractivity (Wildman–Crippen MR) is 94.1 cm³/mol. The number of hydrogen-bond donors (Lipinski definition) is 2. The molecule has 0 heterocycles. The topological polar surface area (TPSA) is 46.9 Å². The second-order valence-electron chi connectivity index (χ2n) is 5.48. The summed E-state index contributed by atoms with van der Waals surface area (Å²) in [6.07, 6.45) is 1.13. The third-order valence-electron chi connectivity index (χ3n) is 3.97. The van der Waals surface area contributed by atoms with Crippen molar-refractivity contribution in [1.82, 2.24) is 9.80 Å². The van der Waals surface area contributed by atoms with Gasteiger partial charge in [-0.2, -0.15) is 11.8 Å². The number of aliphatic hydroxyl groups excluding tert-OH is 2. The van der Waals surface area contributed by atoms with Crippen LogP contribution in [0, 0.1) is 0 Å². The molecule has 0 radical (unpaired) electrons. The molecular formula is C16H36N2O2S. The van der Waals surface area contributed by atoms with Crippen molar-refractivity contribution in [2.45, 2.75) is 52.7 Å². The van der Waals surface area contributed by atoms with E-state index in [1.54, 1.807) is 11.8 Å². The molecular weight excluding hydrogens is 284 g/mol. The largest absolute Gasteiger partial charge is 0.392 e. The van der Waals surface area contributed by atoms with E-state index in [0.717, 1.165) is 63.6 Å². The van der Waals surface area contributed by atoms with Crippen LogP contribution < -0.4 is 0 Å². The molecule has 5 heteroatoms. The molecule has 21 heavy (non-hydrogen) atoms. The summed E-state index contributed by atoms with van der Waals surface area (Å²) in [7, 11) is 0. The lowest BCUT2D eigenvalue weighted by atomic mass is 10.2. The Kier molecular flexibility index (Phi) is 14.0. The molecule has 0 rings (SSSR count). The van der Waals surface area contributed by atoms with Gasteiger partial charge in [-0.1, -0.05) is 27.7 Å². The van der Waals surface area contributed by atoms with Crippen molar-refractivity contribution in [3.8, 4) is 0 Å². The highest BCUT2D eigenvalue weighted by atomic mass is 32.2. The van der Waals surface area contributed by atoms with E-state index in [2.05, 4.69) is 37.5 Å². The first-order valence-electron chi connectivity index (χ1n) is 8.45. The summed E-state index contributed by atoms with van der Waals surface area (Å²) >= 11 is 1.67. The molecule has 0 aliphatic rings. The molecule has 0 amide bonds. The highest BCUT2D eigenvalue weighted by Crippen LogP contribution is 2.10. The molecule has 2 atom stereocenters. The van der Waals surface area contributed by atoms with Crippen LogP contribution in [-0.2, 0) is 0 Å². The van der Waals surface area contributed by atoms with Gasteiger partial charge in [0.15, 0.2) is 0 Å². The van der Waals surface area contributed by atoms with Crippen molar-refractivity contribution < 1.29 is 10.2 Å². The van der Waals surface area contributed by atoms with E-state index in [0.29, 0.717) is 0 Å². The van der Waals surface area contributed by atoms with Gasteiger partial charge in [-0.25, -0.2) is 0 Å². The van der Waals surface area contributed by atoms with Crippen molar-refractivity contribution in [3.05, 3.63) is 0 Å². The highest BCUT2D eigenvalue weighted by molar-refractivity contribution is 7.99. The zero-order valence-electron chi connectivity index (χ0n) is 14.4. The van der Waals surface area contributed by atoms with E-state index in [1.165, 1.54) is 0 Å². The van der Waals surface area contributed by atoms with Gasteiger partial charge in [0.1, 0.15) is 0 Å². The molecule has 0 saturated carbocycles. The van der Waals surface area contributed by atoms with Crippen LogP contribution in [0.25, 0.3) is 0 Å². The SMILES string of the molecule is CCN(CC)CCC(O)CSCC(O)CCN(CC)CC. The van der Waals surface area contributed by atoms with Gasteiger partial charge in [-0.3, -0.25) is 0 Å². The molecule has 0 aromatic rings. The Morgan fingerprint density at radius 2 is 1.05 bits per heavy atom. The Bertz CT molecular complexity index is 202. The van der Waals surface area contributed by atoms with E-state index in [-0.39, 0.29) is 12.2 Å². The second kappa shape index (κ2) is 13.8. The molecule has 2 unspecified atom stereocenters. The van der Waals surface area contributed by atoms with Gasteiger partial charge in [0, 0.05) is 24.6 Å². The van der Waals surface area contributed by atoms with Gasteiger partial charge in [-0.15, -0.1) is 0 Å². The minimum atomic E-state index is -0.259. The minimum absolute atomic E-state index is 0.259. The van der Waals surface area contributed by atoms with Gasteiger partial charge in [-0.05, 0) is 39.0 Å². The average Bonchev–Trinajstić information content (AvgIpc) is 2.49. The van der Waals surface area contributed by atoms with Crippen LogP contribution >= 0.6 is 11.8 Å². The molecule has 0 aliphatic heterocycles. The summed E-state index contributed by atoms with van der Waals surface area (Å²) in [5.41, 5.74) is 0. The van der Waals surface area contributed by atoms with Gasteiger partial charge < -0.3 is 20.0 Å². The van der Waals surface area contributed by atoms with Crippen LogP contribution in [0.5, 0.6) is 0 Å². The van der Waals surface area contributed by atoms with Crippen LogP contribution in [0.2, 0.25) is 0 Å². The third kappa shape index (κ3) is 11.4. The number of aliphatic hydroxyl groups is 2. The molecule has 0 aromatic carbocycles. The monoisotopic (exact) mass is 320 g/mol. The van der Waals surface area contributed by atoms with Gasteiger partial charge in [0.25, 0.3) is 0 Å². The van der Waals surface area contributed by atoms with E-state index in [9.17, 15) is 10.2 Å². The fraction of sp³-hybridized carbons (Fsp3) is 1.00. The fourth-order valence-corrected chi connectivity index (χ4v) is 3.26. The van der Waals surface area contributed by atoms with Crippen molar-refractivity contribution in [3.63, 3.8) is 0 Å². The van der Waals surface area contributed by atoms with Crippen LogP contribution in [-0.4, -0.2) is 83.0 Å². The summed E-state index contributed by atoms with van der Waals surface area (Å²) < 4.78 is 0. The van der Waals surface area contributed by atoms with E-state index in [1.807, 2.05) is 0 Å². The van der Waals surface area contributed by atoms with Crippen LogP contribution in [0.15, 0.2) is 0 Å². The average molecular weight is 321 g/mol. The molecule has 0 spiro atoms. The first kappa shape index (κ1) is 21.2. The summed E-state index contributed by atoms with van der Waals surface area (Å²) in [5, 5.41) is 19.9. The Hall–Kier alpha value is 0.190. The first-order valence-corrected chi connectivity index (χ1v) is 9.61. The number of nitrogens with zero attached hydrogens (tertiary/aromatic N) is 2. The molecule has 0 bridgehead atoms. The summed E-state index contributed by atoms with van der Waals surface area (Å²) in [4.78, 5) is 4.65. The Morgan fingerprint density at radius 3 is 1.33 bits per heavy atom. The molecule has 0 fully saturated rings. The Balaban J connectivity index is 3.63. The maximum Gasteiger partial charge on any atom is 0.0642 e. The minimum Gasteiger partial charge on any atom is -0.392 e. The van der Waals surface area contributed by atoms with Crippen LogP contribution in [0.4, 0.5) is 0 Å².